The van der Waals surface area contributed by atoms with Gasteiger partial charge in [-0.25, -0.2) is 14.4 Å². The fourth-order valence-corrected chi connectivity index (χ4v) is 2.20. The van der Waals surface area contributed by atoms with E-state index in [9.17, 15) is 19.2 Å². The largest absolute Gasteiger partial charge is 0.459 e. The standard InChI is InChI=1S/C17H25N3O6/c1-8(2)18-17(24)20-12(21)7-25-16(23)14-10(5)13(11(6)19-14)15(22)26-9(3)4/h8-9,19H,7H2,1-6H3,(H2,18,20,21,24). The van der Waals surface area contributed by atoms with Gasteiger partial charge in [-0.3, -0.25) is 10.1 Å². The van der Waals surface area contributed by atoms with Gasteiger partial charge in [0.1, 0.15) is 5.69 Å². The van der Waals surface area contributed by atoms with E-state index < -0.39 is 30.5 Å². The molecule has 144 valence electrons. The van der Waals surface area contributed by atoms with E-state index in [0.717, 1.165) is 0 Å². The summed E-state index contributed by atoms with van der Waals surface area (Å²) in [4.78, 5) is 50.1. The van der Waals surface area contributed by atoms with Crippen LogP contribution in [-0.2, 0) is 14.3 Å². The van der Waals surface area contributed by atoms with Gasteiger partial charge in [0.05, 0.1) is 11.7 Å². The lowest BCUT2D eigenvalue weighted by atomic mass is 10.1. The molecule has 0 fully saturated rings. The van der Waals surface area contributed by atoms with Crippen LogP contribution in [0.5, 0.6) is 0 Å². The van der Waals surface area contributed by atoms with Gasteiger partial charge in [-0.1, -0.05) is 0 Å². The minimum Gasteiger partial charge on any atom is -0.459 e. The van der Waals surface area contributed by atoms with Crippen LogP contribution in [0.4, 0.5) is 4.79 Å². The van der Waals surface area contributed by atoms with Crippen molar-refractivity contribution in [2.45, 2.75) is 53.7 Å². The van der Waals surface area contributed by atoms with Crippen molar-refractivity contribution in [1.82, 2.24) is 15.6 Å². The molecule has 0 aliphatic carbocycles. The Morgan fingerprint density at radius 1 is 1.04 bits per heavy atom. The van der Waals surface area contributed by atoms with Gasteiger partial charge in [0.2, 0.25) is 0 Å². The lowest BCUT2D eigenvalue weighted by Crippen LogP contribution is -2.44. The number of ether oxygens (including phenoxy) is 2. The summed E-state index contributed by atoms with van der Waals surface area (Å²) in [5.74, 6) is -2.13. The molecule has 3 N–H and O–H groups in total. The number of aromatic nitrogens is 1. The molecule has 0 bridgehead atoms. The molecule has 1 aromatic heterocycles. The van der Waals surface area contributed by atoms with Crippen LogP contribution < -0.4 is 10.6 Å². The van der Waals surface area contributed by atoms with Crippen molar-refractivity contribution in [3.8, 4) is 0 Å². The lowest BCUT2D eigenvalue weighted by Gasteiger charge is -2.09. The number of aryl methyl sites for hydroxylation is 1. The molecule has 0 atom stereocenters. The van der Waals surface area contributed by atoms with Crippen LogP contribution in [-0.4, -0.2) is 47.6 Å². The number of aromatic amines is 1. The molecule has 0 radical (unpaired) electrons. The van der Waals surface area contributed by atoms with Gasteiger partial charge < -0.3 is 19.8 Å². The van der Waals surface area contributed by atoms with Crippen molar-refractivity contribution >= 4 is 23.9 Å². The summed E-state index contributed by atoms with van der Waals surface area (Å²) in [6, 6.07) is -0.814. The number of amides is 3. The molecule has 0 aliphatic rings. The maximum atomic E-state index is 12.2. The number of hydrogen-bond acceptors (Lipinski definition) is 6. The molecule has 9 heteroatoms. The second kappa shape index (κ2) is 9.02. The molecule has 26 heavy (non-hydrogen) atoms. The molecule has 0 unspecified atom stereocenters. The molecule has 1 rings (SSSR count). The smallest absolute Gasteiger partial charge is 0.355 e. The Morgan fingerprint density at radius 2 is 1.65 bits per heavy atom. The van der Waals surface area contributed by atoms with Crippen LogP contribution >= 0.6 is 0 Å². The number of hydrogen-bond donors (Lipinski definition) is 3. The van der Waals surface area contributed by atoms with E-state index >= 15 is 0 Å². The van der Waals surface area contributed by atoms with Gasteiger partial charge in [-0.2, -0.15) is 0 Å². The SMILES string of the molecule is Cc1[nH]c(C(=O)OCC(=O)NC(=O)NC(C)C)c(C)c1C(=O)OC(C)C. The maximum Gasteiger partial charge on any atom is 0.355 e. The second-order valence-corrected chi connectivity index (χ2v) is 6.33. The highest BCUT2D eigenvalue weighted by Gasteiger charge is 2.25. The Morgan fingerprint density at radius 3 is 2.19 bits per heavy atom. The van der Waals surface area contributed by atoms with Crippen LogP contribution in [0, 0.1) is 13.8 Å². The quantitative estimate of drug-likeness (QED) is 0.655. The average Bonchev–Trinajstić information content (AvgIpc) is 2.78. The highest BCUT2D eigenvalue weighted by molar-refractivity contribution is 6.00. The van der Waals surface area contributed by atoms with Crippen molar-refractivity contribution in [3.63, 3.8) is 0 Å². The molecule has 9 nitrogen and oxygen atoms in total. The first kappa shape index (κ1) is 21.2. The summed E-state index contributed by atoms with van der Waals surface area (Å²) in [7, 11) is 0. The van der Waals surface area contributed by atoms with E-state index in [-0.39, 0.29) is 23.4 Å². The number of nitrogens with one attached hydrogen (secondary N) is 3. The zero-order chi connectivity index (χ0) is 20.0. The Bertz CT molecular complexity index is 706. The Labute approximate surface area is 151 Å². The first-order chi connectivity index (χ1) is 12.0. The molecule has 0 spiro atoms. The molecule has 0 aromatic carbocycles. The van der Waals surface area contributed by atoms with Crippen LogP contribution in [0.1, 0.15) is 59.8 Å². The molecule has 1 aromatic rings. The van der Waals surface area contributed by atoms with Crippen LogP contribution in [0.3, 0.4) is 0 Å². The van der Waals surface area contributed by atoms with E-state index in [4.69, 9.17) is 9.47 Å². The third-order valence-corrected chi connectivity index (χ3v) is 3.20. The zero-order valence-electron chi connectivity index (χ0n) is 15.8. The summed E-state index contributed by atoms with van der Waals surface area (Å²) in [6.07, 6.45) is -0.299. The number of carbonyl (C=O) groups excluding carboxylic acids is 4. The molecule has 0 saturated carbocycles. The third-order valence-electron chi connectivity index (χ3n) is 3.20. The normalized spacial score (nSPS) is 10.6. The summed E-state index contributed by atoms with van der Waals surface area (Å²) < 4.78 is 10.0. The topological polar surface area (TPSA) is 127 Å². The minimum atomic E-state index is -0.811. The van der Waals surface area contributed by atoms with E-state index in [0.29, 0.717) is 11.3 Å². The predicted molar refractivity (Wildman–Crippen MR) is 92.9 cm³/mol. The summed E-state index contributed by atoms with van der Waals surface area (Å²) in [5, 5.41) is 4.51. The number of imide groups is 1. The predicted octanol–water partition coefficient (Wildman–Crippen LogP) is 1.59. The van der Waals surface area contributed by atoms with Crippen molar-refractivity contribution in [3.05, 3.63) is 22.5 Å². The zero-order valence-corrected chi connectivity index (χ0v) is 15.8. The van der Waals surface area contributed by atoms with Gasteiger partial charge in [-0.15, -0.1) is 0 Å². The highest BCUT2D eigenvalue weighted by Crippen LogP contribution is 2.20. The number of H-pyrrole nitrogens is 1. The fraction of sp³-hybridized carbons (Fsp3) is 0.529. The summed E-state index contributed by atoms with van der Waals surface area (Å²) >= 11 is 0. The molecular formula is C17H25N3O6. The number of esters is 2. The van der Waals surface area contributed by atoms with Crippen molar-refractivity contribution in [2.75, 3.05) is 6.61 Å². The molecule has 3 amide bonds. The van der Waals surface area contributed by atoms with E-state index in [1.807, 2.05) is 5.32 Å². The molecule has 0 aliphatic heterocycles. The minimum absolute atomic E-state index is 0.0534. The van der Waals surface area contributed by atoms with Crippen LogP contribution in [0.25, 0.3) is 0 Å². The van der Waals surface area contributed by atoms with Gasteiger partial charge in [-0.05, 0) is 47.1 Å². The Kier molecular flexibility index (Phi) is 7.36. The third kappa shape index (κ3) is 5.91. The Hall–Kier alpha value is -2.84. The molecular weight excluding hydrogens is 342 g/mol. The maximum absolute atomic E-state index is 12.2. The van der Waals surface area contributed by atoms with Gasteiger partial charge in [0, 0.05) is 11.7 Å². The average molecular weight is 367 g/mol. The highest BCUT2D eigenvalue weighted by atomic mass is 16.5. The van der Waals surface area contributed by atoms with E-state index in [2.05, 4.69) is 10.3 Å². The van der Waals surface area contributed by atoms with Gasteiger partial charge in [0.15, 0.2) is 6.61 Å². The fourth-order valence-electron chi connectivity index (χ4n) is 2.20. The van der Waals surface area contributed by atoms with Crippen molar-refractivity contribution in [2.24, 2.45) is 0 Å². The van der Waals surface area contributed by atoms with E-state index in [1.165, 1.54) is 0 Å². The second-order valence-electron chi connectivity index (χ2n) is 6.33. The monoisotopic (exact) mass is 367 g/mol. The van der Waals surface area contributed by atoms with Crippen molar-refractivity contribution < 1.29 is 28.7 Å². The van der Waals surface area contributed by atoms with Crippen LogP contribution in [0.2, 0.25) is 0 Å². The summed E-state index contributed by atoms with van der Waals surface area (Å²) in [6.45, 7) is 9.49. The number of carbonyl (C=O) groups is 4. The Balaban J connectivity index is 2.72. The molecule has 1 heterocycles. The van der Waals surface area contributed by atoms with Gasteiger partial charge >= 0.3 is 18.0 Å². The molecule has 0 saturated heterocycles. The van der Waals surface area contributed by atoms with Crippen LogP contribution in [0.15, 0.2) is 0 Å². The van der Waals surface area contributed by atoms with Gasteiger partial charge in [0.25, 0.3) is 5.91 Å². The number of urea groups is 1. The lowest BCUT2D eigenvalue weighted by molar-refractivity contribution is -0.123. The van der Waals surface area contributed by atoms with E-state index in [1.54, 1.807) is 41.5 Å². The first-order valence-electron chi connectivity index (χ1n) is 8.20. The first-order valence-corrected chi connectivity index (χ1v) is 8.20. The van der Waals surface area contributed by atoms with Crippen molar-refractivity contribution in [1.29, 1.82) is 0 Å². The number of rotatable bonds is 6. The summed E-state index contributed by atoms with van der Waals surface area (Å²) in [5.41, 5.74) is 1.14.